The maximum atomic E-state index is 10.5. The second-order valence-electron chi connectivity index (χ2n) is 3.11. The Morgan fingerprint density at radius 1 is 0.889 bits per heavy atom. The molecule has 0 atom stereocenters. The van der Waals surface area contributed by atoms with Crippen LogP contribution in [-0.2, 0) is 20.6 Å². The summed E-state index contributed by atoms with van der Waals surface area (Å²) in [7, 11) is -0.168. The molecule has 1 aromatic rings. The zero-order valence-corrected chi connectivity index (χ0v) is 14.1. The fourth-order valence-electron chi connectivity index (χ4n) is 1.07. The molecule has 0 spiro atoms. The molecule has 18 heavy (non-hydrogen) atoms. The van der Waals surface area contributed by atoms with Gasteiger partial charge in [0.1, 0.15) is 7.88 Å². The maximum absolute atomic E-state index is 10.5. The van der Waals surface area contributed by atoms with Gasteiger partial charge in [-0.1, -0.05) is 48.7 Å². The van der Waals surface area contributed by atoms with Crippen molar-refractivity contribution in [1.29, 1.82) is 0 Å². The normalized spacial score (nSPS) is 10.7. The summed E-state index contributed by atoms with van der Waals surface area (Å²) in [5.74, 6) is 1.44. The summed E-state index contributed by atoms with van der Waals surface area (Å²) in [5.41, 5.74) is 2.26. The Morgan fingerprint density at radius 3 is 1.50 bits per heavy atom. The predicted molar refractivity (Wildman–Crippen MR) is 89.4 cm³/mol. The number of benzene rings is 1. The second kappa shape index (κ2) is 9.24. The van der Waals surface area contributed by atoms with Gasteiger partial charge < -0.3 is 0 Å². The van der Waals surface area contributed by atoms with Crippen LogP contribution in [0.15, 0.2) is 24.3 Å². The number of hydrogen-bond donors (Lipinski definition) is 0. The van der Waals surface area contributed by atoms with Gasteiger partial charge in [0.25, 0.3) is 0 Å². The van der Waals surface area contributed by atoms with Crippen LogP contribution in [0.3, 0.4) is 0 Å². The molecule has 1 rings (SSSR count). The van der Waals surface area contributed by atoms with E-state index in [1.165, 1.54) is 23.5 Å². The van der Waals surface area contributed by atoms with Gasteiger partial charge in [-0.2, -0.15) is 0 Å². The predicted octanol–water partition coefficient (Wildman–Crippen LogP) is 5.31. The first-order valence-electron chi connectivity index (χ1n) is 4.73. The molecule has 94 valence electrons. The van der Waals surface area contributed by atoms with Gasteiger partial charge in [-0.15, -0.1) is 23.5 Å². The average Bonchev–Trinajstić information content (AvgIpc) is 2.43. The Labute approximate surface area is 128 Å². The molecule has 1 aromatic carbocycles. The highest BCUT2D eigenvalue weighted by Crippen LogP contribution is 2.23. The summed E-state index contributed by atoms with van der Waals surface area (Å²) in [6, 6.07) is 8.02. The van der Waals surface area contributed by atoms with Crippen molar-refractivity contribution in [3.05, 3.63) is 35.4 Å². The minimum absolute atomic E-state index is 0.0842. The Morgan fingerprint density at radius 2 is 1.22 bits per heavy atom. The van der Waals surface area contributed by atoms with Gasteiger partial charge in [-0.05, 0) is 11.1 Å². The Balaban J connectivity index is 2.47. The highest BCUT2D eigenvalue weighted by molar-refractivity contribution is 8.32. The molecule has 8 heteroatoms. The maximum Gasteiger partial charge on any atom is 0.211 e. The summed E-state index contributed by atoms with van der Waals surface area (Å²) in [6.07, 6.45) is 0. The van der Waals surface area contributed by atoms with Gasteiger partial charge in [0, 0.05) is 11.5 Å². The largest absolute Gasteiger partial charge is 0.268 e. The number of hydrogen-bond acceptors (Lipinski definition) is 6. The van der Waals surface area contributed by atoms with Crippen LogP contribution in [0.2, 0.25) is 0 Å². The monoisotopic (exact) mass is 350 g/mol. The van der Waals surface area contributed by atoms with E-state index in [1.807, 2.05) is 24.3 Å². The van der Waals surface area contributed by atoms with Gasteiger partial charge >= 0.3 is 0 Å². The number of thioether (sulfide) groups is 2. The van der Waals surface area contributed by atoms with Crippen molar-refractivity contribution >= 4 is 72.8 Å². The van der Waals surface area contributed by atoms with Gasteiger partial charge in [0.05, 0.1) is 0 Å². The van der Waals surface area contributed by atoms with Crippen molar-refractivity contribution in [2.24, 2.45) is 0 Å². The van der Waals surface area contributed by atoms with Crippen molar-refractivity contribution in [1.82, 2.24) is 0 Å². The molecule has 0 saturated heterocycles. The molecular formula is C10H8O2P2S4. The first-order chi connectivity index (χ1) is 8.65. The topological polar surface area (TPSA) is 34.1 Å². The highest BCUT2D eigenvalue weighted by Gasteiger charge is 2.01. The van der Waals surface area contributed by atoms with E-state index >= 15 is 0 Å². The molecular weight excluding hydrogens is 342 g/mol. The van der Waals surface area contributed by atoms with E-state index in [4.69, 9.17) is 24.4 Å². The third-order valence-corrected chi connectivity index (χ3v) is 6.02. The van der Waals surface area contributed by atoms with Crippen LogP contribution in [0.1, 0.15) is 11.1 Å². The van der Waals surface area contributed by atoms with Crippen molar-refractivity contribution in [3.8, 4) is 0 Å². The lowest BCUT2D eigenvalue weighted by Crippen LogP contribution is -1.86. The molecule has 0 bridgehead atoms. The third-order valence-electron chi connectivity index (χ3n) is 1.90. The Kier molecular flexibility index (Phi) is 8.40. The smallest absolute Gasteiger partial charge is 0.211 e. The molecule has 2 nitrogen and oxygen atoms in total. The SMILES string of the molecule is O=PC(=S)SCc1ccc(CSC(=S)P=O)cc1. The average molecular weight is 350 g/mol. The fourth-order valence-corrected chi connectivity index (χ4v) is 3.20. The third kappa shape index (κ3) is 6.46. The van der Waals surface area contributed by atoms with E-state index in [0.29, 0.717) is 7.88 Å². The zero-order valence-electron chi connectivity index (χ0n) is 9.07. The molecule has 0 amide bonds. The summed E-state index contributed by atoms with van der Waals surface area (Å²) in [5, 5.41) is 0. The minimum Gasteiger partial charge on any atom is -0.268 e. The molecule has 0 radical (unpaired) electrons. The van der Waals surface area contributed by atoms with Gasteiger partial charge in [-0.25, -0.2) is 0 Å². The van der Waals surface area contributed by atoms with Crippen LogP contribution in [0.5, 0.6) is 0 Å². The van der Waals surface area contributed by atoms with Crippen LogP contribution >= 0.6 is 64.9 Å². The van der Waals surface area contributed by atoms with E-state index in [9.17, 15) is 9.13 Å². The van der Waals surface area contributed by atoms with E-state index < -0.39 is 0 Å². The van der Waals surface area contributed by atoms with E-state index in [0.717, 1.165) is 22.6 Å². The van der Waals surface area contributed by atoms with Gasteiger partial charge in [0.2, 0.25) is 16.9 Å². The molecule has 0 N–H and O–H groups in total. The quantitative estimate of drug-likeness (QED) is 0.511. The van der Waals surface area contributed by atoms with E-state index in [-0.39, 0.29) is 16.9 Å². The van der Waals surface area contributed by atoms with Crippen molar-refractivity contribution < 1.29 is 9.13 Å². The molecule has 0 aliphatic rings. The second-order valence-corrected chi connectivity index (χ2v) is 8.88. The first kappa shape index (κ1) is 16.4. The van der Waals surface area contributed by atoms with Crippen LogP contribution < -0.4 is 0 Å². The first-order valence-corrected chi connectivity index (χ1v) is 9.15. The summed E-state index contributed by atoms with van der Waals surface area (Å²) >= 11 is 12.5. The molecule has 0 fully saturated rings. The van der Waals surface area contributed by atoms with E-state index in [1.54, 1.807) is 0 Å². The highest BCUT2D eigenvalue weighted by atomic mass is 32.2. The van der Waals surface area contributed by atoms with E-state index in [2.05, 4.69) is 0 Å². The molecule has 0 aromatic heterocycles. The molecule has 0 unspecified atom stereocenters. The van der Waals surface area contributed by atoms with Crippen molar-refractivity contribution in [2.45, 2.75) is 11.5 Å². The van der Waals surface area contributed by atoms with Crippen LogP contribution in [0.4, 0.5) is 0 Å². The van der Waals surface area contributed by atoms with Crippen LogP contribution in [-0.4, -0.2) is 7.88 Å². The molecule has 0 heterocycles. The van der Waals surface area contributed by atoms with Gasteiger partial charge in [0.15, 0.2) is 0 Å². The van der Waals surface area contributed by atoms with Crippen LogP contribution in [0, 0.1) is 0 Å². The summed E-state index contributed by atoms with van der Waals surface area (Å²) < 4.78 is 21.8. The van der Waals surface area contributed by atoms with Gasteiger partial charge in [-0.3, -0.25) is 9.13 Å². The van der Waals surface area contributed by atoms with Crippen LogP contribution in [0.25, 0.3) is 0 Å². The lowest BCUT2D eigenvalue weighted by atomic mass is 10.2. The fraction of sp³-hybridized carbons (Fsp3) is 0.200. The number of rotatable bonds is 6. The summed E-state index contributed by atoms with van der Waals surface area (Å²) in [6.45, 7) is 0. The molecule has 0 aliphatic heterocycles. The molecule has 0 aliphatic carbocycles. The summed E-state index contributed by atoms with van der Waals surface area (Å²) in [4.78, 5) is 0. The minimum atomic E-state index is -0.0842. The lowest BCUT2D eigenvalue weighted by molar-refractivity contribution is 0.603. The van der Waals surface area contributed by atoms with Crippen molar-refractivity contribution in [2.75, 3.05) is 0 Å². The zero-order chi connectivity index (χ0) is 13.4. The lowest BCUT2D eigenvalue weighted by Gasteiger charge is -2.02. The Bertz CT molecular complexity index is 418. The van der Waals surface area contributed by atoms with Crippen molar-refractivity contribution in [3.63, 3.8) is 0 Å². The molecule has 0 saturated carbocycles. The number of thiocarbonyl (C=S) groups is 2. The Hall–Kier alpha value is 0.300. The standard InChI is InChI=1S/C10H8O2P2S4/c11-13-9(15)17-5-7-1-2-8(4-3-7)6-18-10(16)14-12/h1-4H,5-6H2.